The van der Waals surface area contributed by atoms with Crippen LogP contribution in [0.5, 0.6) is 0 Å². The van der Waals surface area contributed by atoms with Gasteiger partial charge in [-0.25, -0.2) is 4.79 Å². The number of ether oxygens (including phenoxy) is 1. The van der Waals surface area contributed by atoms with Gasteiger partial charge in [-0.05, 0) is 52.1 Å². The maximum atomic E-state index is 14.2. The zero-order chi connectivity index (χ0) is 22.5. The summed E-state index contributed by atoms with van der Waals surface area (Å²) in [7, 11) is 0. The molecule has 2 N–H and O–H groups in total. The van der Waals surface area contributed by atoms with Gasteiger partial charge in [-0.2, -0.15) is 5.26 Å². The largest absolute Gasteiger partial charge is 0.444 e. The Hall–Kier alpha value is -2.59. The van der Waals surface area contributed by atoms with E-state index < -0.39 is 22.8 Å². The molecule has 0 radical (unpaired) electrons. The van der Waals surface area contributed by atoms with Gasteiger partial charge in [0.1, 0.15) is 16.7 Å². The van der Waals surface area contributed by atoms with E-state index in [2.05, 4.69) is 16.7 Å². The van der Waals surface area contributed by atoms with Crippen molar-refractivity contribution >= 4 is 12.0 Å². The monoisotopic (exact) mass is 426 g/mol. The number of amides is 2. The summed E-state index contributed by atoms with van der Waals surface area (Å²) in [4.78, 5) is 28.6. The van der Waals surface area contributed by atoms with Crippen LogP contribution in [-0.4, -0.2) is 46.7 Å². The first-order valence-corrected chi connectivity index (χ1v) is 11.2. The number of benzene rings is 1. The van der Waals surface area contributed by atoms with E-state index in [1.807, 2.05) is 30.3 Å². The Morgan fingerprint density at radius 1 is 1.16 bits per heavy atom. The maximum Gasteiger partial charge on any atom is 0.408 e. The molecule has 3 rings (SSSR count). The van der Waals surface area contributed by atoms with Crippen molar-refractivity contribution in [3.63, 3.8) is 0 Å². The van der Waals surface area contributed by atoms with E-state index in [0.717, 1.165) is 24.8 Å². The summed E-state index contributed by atoms with van der Waals surface area (Å²) in [5.41, 5.74) is -1.69. The number of rotatable bonds is 5. The second-order valence-electron chi connectivity index (χ2n) is 9.72. The third-order valence-electron chi connectivity index (χ3n) is 6.14. The maximum absolute atomic E-state index is 14.2. The van der Waals surface area contributed by atoms with E-state index in [1.165, 1.54) is 0 Å². The van der Waals surface area contributed by atoms with Gasteiger partial charge in [0, 0.05) is 13.1 Å². The predicted octanol–water partition coefficient (Wildman–Crippen LogP) is 3.50. The van der Waals surface area contributed by atoms with Crippen molar-refractivity contribution in [3.8, 4) is 6.07 Å². The van der Waals surface area contributed by atoms with Crippen molar-refractivity contribution in [2.45, 2.75) is 82.5 Å². The fraction of sp³-hybridized carbons (Fsp3) is 0.625. The molecule has 0 aromatic heterocycles. The van der Waals surface area contributed by atoms with E-state index in [1.54, 1.807) is 25.7 Å². The Morgan fingerprint density at radius 3 is 2.39 bits per heavy atom. The molecule has 1 atom stereocenters. The van der Waals surface area contributed by atoms with Crippen LogP contribution in [0.3, 0.4) is 0 Å². The summed E-state index contributed by atoms with van der Waals surface area (Å²) in [6, 6.07) is 12.1. The van der Waals surface area contributed by atoms with E-state index in [0.29, 0.717) is 38.9 Å². The summed E-state index contributed by atoms with van der Waals surface area (Å²) in [5, 5.41) is 16.3. The fourth-order valence-electron chi connectivity index (χ4n) is 4.55. The first kappa shape index (κ1) is 23.1. The van der Waals surface area contributed by atoms with Crippen LogP contribution in [0.25, 0.3) is 0 Å². The van der Waals surface area contributed by atoms with Crippen LogP contribution in [0.1, 0.15) is 64.9 Å². The Labute approximate surface area is 185 Å². The zero-order valence-corrected chi connectivity index (χ0v) is 18.9. The second kappa shape index (κ2) is 9.27. The van der Waals surface area contributed by atoms with Gasteiger partial charge < -0.3 is 20.3 Å². The average molecular weight is 427 g/mol. The predicted molar refractivity (Wildman–Crippen MR) is 118 cm³/mol. The SMILES string of the molecule is CC(C)(C)OC(=O)NC1(C(=O)N(Cc2ccccc2)C2(C#N)CCNC2)CCCCC1. The van der Waals surface area contributed by atoms with E-state index in [9.17, 15) is 14.9 Å². The minimum atomic E-state index is -1.05. The minimum absolute atomic E-state index is 0.188. The van der Waals surface area contributed by atoms with Crippen LogP contribution in [0, 0.1) is 11.3 Å². The topological polar surface area (TPSA) is 94.5 Å². The summed E-state index contributed by atoms with van der Waals surface area (Å²) >= 11 is 0. The molecule has 2 aliphatic rings. The molecule has 1 saturated carbocycles. The summed E-state index contributed by atoms with van der Waals surface area (Å²) in [6.07, 6.45) is 3.78. The summed E-state index contributed by atoms with van der Waals surface area (Å²) in [6.45, 7) is 6.84. The number of nitriles is 1. The molecular weight excluding hydrogens is 392 g/mol. The van der Waals surface area contributed by atoms with E-state index in [4.69, 9.17) is 4.74 Å². The molecule has 0 bridgehead atoms. The highest BCUT2D eigenvalue weighted by Crippen LogP contribution is 2.35. The molecule has 1 aliphatic heterocycles. The lowest BCUT2D eigenvalue weighted by Crippen LogP contribution is -2.65. The number of nitrogens with one attached hydrogen (secondary N) is 2. The second-order valence-corrected chi connectivity index (χ2v) is 9.72. The first-order chi connectivity index (χ1) is 14.7. The van der Waals surface area contributed by atoms with Crippen molar-refractivity contribution in [3.05, 3.63) is 35.9 Å². The molecule has 0 spiro atoms. The lowest BCUT2D eigenvalue weighted by atomic mass is 9.79. The third-order valence-corrected chi connectivity index (χ3v) is 6.14. The number of carbonyl (C=O) groups is 2. The molecule has 2 amide bonds. The van der Waals surface area contributed by atoms with Crippen LogP contribution < -0.4 is 10.6 Å². The lowest BCUT2D eigenvalue weighted by Gasteiger charge is -2.44. The highest BCUT2D eigenvalue weighted by molar-refractivity contribution is 5.91. The van der Waals surface area contributed by atoms with Crippen LogP contribution in [-0.2, 0) is 16.1 Å². The summed E-state index contributed by atoms with van der Waals surface area (Å²) in [5.74, 6) is -0.188. The number of hydrogen-bond donors (Lipinski definition) is 2. The van der Waals surface area contributed by atoms with Crippen LogP contribution in [0.4, 0.5) is 4.79 Å². The van der Waals surface area contributed by atoms with Gasteiger partial charge in [-0.15, -0.1) is 0 Å². The molecule has 1 unspecified atom stereocenters. The Morgan fingerprint density at radius 2 is 1.84 bits per heavy atom. The highest BCUT2D eigenvalue weighted by atomic mass is 16.6. The highest BCUT2D eigenvalue weighted by Gasteiger charge is 2.51. The van der Waals surface area contributed by atoms with Crippen molar-refractivity contribution in [1.29, 1.82) is 5.26 Å². The molecular formula is C24H34N4O3. The molecule has 1 aromatic carbocycles. The Balaban J connectivity index is 1.95. The van der Waals surface area contributed by atoms with Gasteiger partial charge in [0.25, 0.3) is 0 Å². The Kier molecular flexibility index (Phi) is 6.90. The fourth-order valence-corrected chi connectivity index (χ4v) is 4.55. The minimum Gasteiger partial charge on any atom is -0.444 e. The number of nitrogens with zero attached hydrogens (tertiary/aromatic N) is 2. The van der Waals surface area contributed by atoms with Gasteiger partial charge in [0.05, 0.1) is 6.07 Å². The molecule has 31 heavy (non-hydrogen) atoms. The first-order valence-electron chi connectivity index (χ1n) is 11.2. The van der Waals surface area contributed by atoms with Crippen LogP contribution in [0.2, 0.25) is 0 Å². The molecule has 2 fully saturated rings. The zero-order valence-electron chi connectivity index (χ0n) is 18.9. The summed E-state index contributed by atoms with van der Waals surface area (Å²) < 4.78 is 5.49. The van der Waals surface area contributed by atoms with Crippen molar-refractivity contribution in [1.82, 2.24) is 15.5 Å². The van der Waals surface area contributed by atoms with E-state index >= 15 is 0 Å². The molecule has 7 heteroatoms. The van der Waals surface area contributed by atoms with Gasteiger partial charge in [0.2, 0.25) is 5.91 Å². The number of carbonyl (C=O) groups excluding carboxylic acids is 2. The van der Waals surface area contributed by atoms with Crippen LogP contribution in [0.15, 0.2) is 30.3 Å². The number of alkyl carbamates (subject to hydrolysis) is 1. The standard InChI is InChI=1S/C24H34N4O3/c1-22(2,3)31-21(30)27-24(12-8-5-9-13-24)20(29)28(16-19-10-6-4-7-11-19)23(17-25)14-15-26-18-23/h4,6-7,10-11,26H,5,8-9,12-16,18H2,1-3H3,(H,27,30). The molecule has 1 aromatic rings. The Bertz CT molecular complexity index is 813. The molecule has 1 heterocycles. The van der Waals surface area contributed by atoms with Crippen molar-refractivity contribution < 1.29 is 14.3 Å². The normalized spacial score (nSPS) is 22.9. The number of hydrogen-bond acceptors (Lipinski definition) is 5. The van der Waals surface area contributed by atoms with Crippen LogP contribution >= 0.6 is 0 Å². The smallest absolute Gasteiger partial charge is 0.408 e. The molecule has 1 saturated heterocycles. The van der Waals surface area contributed by atoms with Gasteiger partial charge in [-0.3, -0.25) is 4.79 Å². The van der Waals surface area contributed by atoms with Gasteiger partial charge >= 0.3 is 6.09 Å². The lowest BCUT2D eigenvalue weighted by molar-refractivity contribution is -0.145. The van der Waals surface area contributed by atoms with Gasteiger partial charge in [-0.1, -0.05) is 49.6 Å². The van der Waals surface area contributed by atoms with Crippen molar-refractivity contribution in [2.75, 3.05) is 13.1 Å². The average Bonchev–Trinajstić information content (AvgIpc) is 3.21. The quantitative estimate of drug-likeness (QED) is 0.751. The molecule has 168 valence electrons. The van der Waals surface area contributed by atoms with Crippen molar-refractivity contribution in [2.24, 2.45) is 0 Å². The molecule has 7 nitrogen and oxygen atoms in total. The molecule has 1 aliphatic carbocycles. The van der Waals surface area contributed by atoms with Gasteiger partial charge in [0.15, 0.2) is 0 Å². The third kappa shape index (κ3) is 5.37. The van der Waals surface area contributed by atoms with E-state index in [-0.39, 0.29) is 5.91 Å².